The molecule has 0 aliphatic carbocycles. The quantitative estimate of drug-likeness (QED) is 0.823. The van der Waals surface area contributed by atoms with Gasteiger partial charge in [-0.05, 0) is 31.9 Å². The fourth-order valence-electron chi connectivity index (χ4n) is 4.31. The number of hydrogen-bond donors (Lipinski definition) is 0. The van der Waals surface area contributed by atoms with Crippen LogP contribution in [0.5, 0.6) is 0 Å². The first kappa shape index (κ1) is 16.1. The van der Waals surface area contributed by atoms with Gasteiger partial charge in [-0.1, -0.05) is 0 Å². The van der Waals surface area contributed by atoms with Gasteiger partial charge in [-0.3, -0.25) is 9.69 Å². The average Bonchev–Trinajstić information content (AvgIpc) is 3.24. The lowest BCUT2D eigenvalue weighted by molar-refractivity contribution is 0.0284. The number of nitrogens with zero attached hydrogens (tertiary/aromatic N) is 2. The minimum atomic E-state index is 0.0538. The van der Waals surface area contributed by atoms with Crippen molar-refractivity contribution in [3.63, 3.8) is 0 Å². The molecule has 3 aliphatic rings. The minimum Gasteiger partial charge on any atom is -0.472 e. The molecule has 0 N–H and O–H groups in total. The van der Waals surface area contributed by atoms with Crippen LogP contribution in [0.3, 0.4) is 0 Å². The van der Waals surface area contributed by atoms with Gasteiger partial charge in [0.1, 0.15) is 6.26 Å². The summed E-state index contributed by atoms with van der Waals surface area (Å²) in [5.41, 5.74) is 0.695. The second kappa shape index (κ2) is 6.86. The number of carbonyl (C=O) groups excluding carboxylic acids is 1. The molecule has 4 heterocycles. The van der Waals surface area contributed by atoms with Crippen LogP contribution in [0.4, 0.5) is 0 Å². The van der Waals surface area contributed by atoms with Crippen LogP contribution in [-0.4, -0.2) is 74.4 Å². The molecule has 1 spiro atoms. The van der Waals surface area contributed by atoms with Gasteiger partial charge < -0.3 is 18.8 Å². The van der Waals surface area contributed by atoms with Crippen LogP contribution < -0.4 is 0 Å². The van der Waals surface area contributed by atoms with E-state index in [1.807, 2.05) is 4.90 Å². The second-order valence-electron chi connectivity index (χ2n) is 7.36. The molecule has 24 heavy (non-hydrogen) atoms. The lowest BCUT2D eigenvalue weighted by Crippen LogP contribution is -2.45. The Balaban J connectivity index is 1.45. The van der Waals surface area contributed by atoms with Crippen molar-refractivity contribution in [3.8, 4) is 0 Å². The molecule has 1 atom stereocenters. The average molecular weight is 334 g/mol. The molecule has 3 fully saturated rings. The minimum absolute atomic E-state index is 0.0538. The van der Waals surface area contributed by atoms with E-state index in [1.54, 1.807) is 12.3 Å². The summed E-state index contributed by atoms with van der Waals surface area (Å²) in [6, 6.07) is 2.36. The number of amides is 1. The van der Waals surface area contributed by atoms with Crippen LogP contribution in [0.1, 0.15) is 29.6 Å². The van der Waals surface area contributed by atoms with Crippen molar-refractivity contribution < 1.29 is 18.7 Å². The molecule has 1 aromatic rings. The molecule has 3 saturated heterocycles. The summed E-state index contributed by atoms with van der Waals surface area (Å²) in [5, 5.41) is 0. The smallest absolute Gasteiger partial charge is 0.257 e. The second-order valence-corrected chi connectivity index (χ2v) is 7.36. The largest absolute Gasteiger partial charge is 0.472 e. The number of carbonyl (C=O) groups is 1. The van der Waals surface area contributed by atoms with E-state index in [1.165, 1.54) is 6.26 Å². The monoisotopic (exact) mass is 334 g/mol. The highest BCUT2D eigenvalue weighted by Gasteiger charge is 2.44. The highest BCUT2D eigenvalue weighted by molar-refractivity contribution is 5.93. The number of rotatable bonds is 2. The first-order valence-corrected chi connectivity index (χ1v) is 8.97. The normalized spacial score (nSPS) is 29.9. The van der Waals surface area contributed by atoms with Crippen molar-refractivity contribution in [2.75, 3.05) is 52.6 Å². The van der Waals surface area contributed by atoms with E-state index in [2.05, 4.69) is 4.90 Å². The van der Waals surface area contributed by atoms with Gasteiger partial charge in [-0.15, -0.1) is 0 Å². The summed E-state index contributed by atoms with van der Waals surface area (Å²) in [6.45, 7) is 6.66. The van der Waals surface area contributed by atoms with E-state index < -0.39 is 0 Å². The third-order valence-electron chi connectivity index (χ3n) is 5.67. The zero-order chi connectivity index (χ0) is 16.4. The number of likely N-dealkylation sites (tertiary alicyclic amines) is 1. The van der Waals surface area contributed by atoms with Crippen LogP contribution in [0.15, 0.2) is 23.0 Å². The molecule has 6 heteroatoms. The molecule has 0 aromatic carbocycles. The van der Waals surface area contributed by atoms with Gasteiger partial charge in [-0.25, -0.2) is 0 Å². The molecule has 0 saturated carbocycles. The van der Waals surface area contributed by atoms with E-state index in [-0.39, 0.29) is 11.3 Å². The molecule has 6 nitrogen and oxygen atoms in total. The summed E-state index contributed by atoms with van der Waals surface area (Å²) in [6.07, 6.45) is 6.42. The Morgan fingerprint density at radius 1 is 1.12 bits per heavy atom. The number of furan rings is 1. The van der Waals surface area contributed by atoms with E-state index in [0.29, 0.717) is 24.8 Å². The third kappa shape index (κ3) is 3.23. The van der Waals surface area contributed by atoms with Gasteiger partial charge in [0.25, 0.3) is 5.91 Å². The zero-order valence-corrected chi connectivity index (χ0v) is 14.1. The zero-order valence-electron chi connectivity index (χ0n) is 14.1. The van der Waals surface area contributed by atoms with E-state index >= 15 is 0 Å². The van der Waals surface area contributed by atoms with Gasteiger partial charge in [-0.2, -0.15) is 0 Å². The lowest BCUT2D eigenvalue weighted by Gasteiger charge is -2.35. The Bertz CT molecular complexity index is 555. The van der Waals surface area contributed by atoms with Crippen LogP contribution >= 0.6 is 0 Å². The van der Waals surface area contributed by atoms with Crippen molar-refractivity contribution in [2.45, 2.75) is 25.3 Å². The van der Waals surface area contributed by atoms with Crippen molar-refractivity contribution >= 4 is 5.91 Å². The van der Waals surface area contributed by atoms with Gasteiger partial charge in [0.05, 0.1) is 25.0 Å². The fourth-order valence-corrected chi connectivity index (χ4v) is 4.31. The molecular formula is C18H26N2O4. The van der Waals surface area contributed by atoms with E-state index in [9.17, 15) is 4.79 Å². The van der Waals surface area contributed by atoms with Crippen molar-refractivity contribution in [1.82, 2.24) is 9.80 Å². The molecule has 0 bridgehead atoms. The first-order valence-electron chi connectivity index (χ1n) is 8.97. The molecule has 132 valence electrons. The Hall–Kier alpha value is -1.37. The third-order valence-corrected chi connectivity index (χ3v) is 5.67. The molecule has 4 rings (SSSR count). The summed E-state index contributed by atoms with van der Waals surface area (Å²) in [5.74, 6) is 0.0538. The molecule has 1 aromatic heterocycles. The Morgan fingerprint density at radius 3 is 2.79 bits per heavy atom. The standard InChI is InChI=1S/C18H26N2O4/c21-17(15-1-7-23-11-15)20-6-10-24-14-18(13-20)4-5-19(12-18)16-2-8-22-9-3-16/h1,7,11,16H,2-6,8-10,12-14H2/t18-/m0/s1. The Kier molecular flexibility index (Phi) is 4.61. The molecule has 1 amide bonds. The van der Waals surface area contributed by atoms with Gasteiger partial charge in [0, 0.05) is 44.3 Å². The maximum Gasteiger partial charge on any atom is 0.257 e. The predicted octanol–water partition coefficient (Wildman–Crippen LogP) is 1.62. The lowest BCUT2D eigenvalue weighted by atomic mass is 9.87. The number of ether oxygens (including phenoxy) is 2. The van der Waals surface area contributed by atoms with Crippen LogP contribution in [0.25, 0.3) is 0 Å². The van der Waals surface area contributed by atoms with E-state index in [4.69, 9.17) is 13.9 Å². The van der Waals surface area contributed by atoms with Crippen molar-refractivity contribution in [3.05, 3.63) is 24.2 Å². The molecular weight excluding hydrogens is 308 g/mol. The molecule has 0 radical (unpaired) electrons. The van der Waals surface area contributed by atoms with Gasteiger partial charge in [0.15, 0.2) is 0 Å². The summed E-state index contributed by atoms with van der Waals surface area (Å²) in [7, 11) is 0. The summed E-state index contributed by atoms with van der Waals surface area (Å²) >= 11 is 0. The SMILES string of the molecule is O=C(c1ccoc1)N1CCOC[C@]2(CCN(C3CCOCC3)C2)C1. The Labute approximate surface area is 142 Å². The maximum absolute atomic E-state index is 12.7. The highest BCUT2D eigenvalue weighted by atomic mass is 16.5. The fraction of sp³-hybridized carbons (Fsp3) is 0.722. The maximum atomic E-state index is 12.7. The van der Waals surface area contributed by atoms with Crippen LogP contribution in [0.2, 0.25) is 0 Å². The van der Waals surface area contributed by atoms with Gasteiger partial charge >= 0.3 is 0 Å². The van der Waals surface area contributed by atoms with Crippen LogP contribution in [-0.2, 0) is 9.47 Å². The number of hydrogen-bond acceptors (Lipinski definition) is 5. The predicted molar refractivity (Wildman–Crippen MR) is 87.9 cm³/mol. The van der Waals surface area contributed by atoms with Crippen LogP contribution in [0, 0.1) is 5.41 Å². The van der Waals surface area contributed by atoms with Crippen molar-refractivity contribution in [1.29, 1.82) is 0 Å². The topological polar surface area (TPSA) is 55.2 Å². The van der Waals surface area contributed by atoms with E-state index in [0.717, 1.165) is 58.7 Å². The van der Waals surface area contributed by atoms with Gasteiger partial charge in [0.2, 0.25) is 0 Å². The summed E-state index contributed by atoms with van der Waals surface area (Å²) in [4.78, 5) is 17.3. The molecule has 0 unspecified atom stereocenters. The highest BCUT2D eigenvalue weighted by Crippen LogP contribution is 2.36. The first-order chi connectivity index (χ1) is 11.8. The summed E-state index contributed by atoms with van der Waals surface area (Å²) < 4.78 is 16.5. The molecule has 3 aliphatic heterocycles. The Morgan fingerprint density at radius 2 is 2.00 bits per heavy atom. The van der Waals surface area contributed by atoms with Crippen molar-refractivity contribution in [2.24, 2.45) is 5.41 Å².